The van der Waals surface area contributed by atoms with Gasteiger partial charge in [0.05, 0.1) is 17.5 Å². The molecule has 4 rings (SSSR count). The van der Waals surface area contributed by atoms with E-state index in [1.54, 1.807) is 28.9 Å². The summed E-state index contributed by atoms with van der Waals surface area (Å²) >= 11 is 0. The maximum Gasteiger partial charge on any atom is 0.414 e. The Bertz CT molecular complexity index is 1160. The standard InChI is InChI=1S/C28H36N4O5/c1-17(2)37-28(36)31-15-18(3)32(20(5)34)25-11-10-23(14-26(25)31)21-6-8-22(9-7-21)27(35)30-13-12-24(16-30)29-19(4)33/h6-11,14,17-18,20,24,34H,12-13,15-16H2,1-5H3,(H,29,33)/t18-,20?,24-/m0/s1. The second kappa shape index (κ2) is 10.8. The van der Waals surface area contributed by atoms with Gasteiger partial charge in [-0.1, -0.05) is 18.2 Å². The molecule has 0 aliphatic carbocycles. The lowest BCUT2D eigenvalue weighted by Gasteiger charge is -2.43. The van der Waals surface area contributed by atoms with Crippen LogP contribution in [0.2, 0.25) is 0 Å². The van der Waals surface area contributed by atoms with Gasteiger partial charge in [0.15, 0.2) is 0 Å². The molecule has 198 valence electrons. The van der Waals surface area contributed by atoms with Crippen molar-refractivity contribution in [3.63, 3.8) is 0 Å². The van der Waals surface area contributed by atoms with Gasteiger partial charge < -0.3 is 25.0 Å². The third-order valence-corrected chi connectivity index (χ3v) is 6.77. The number of hydrogen-bond acceptors (Lipinski definition) is 6. The Morgan fingerprint density at radius 3 is 2.30 bits per heavy atom. The quantitative estimate of drug-likeness (QED) is 0.640. The molecule has 2 N–H and O–H groups in total. The number of nitrogens with zero attached hydrogens (tertiary/aromatic N) is 3. The number of nitrogens with one attached hydrogen (secondary N) is 1. The summed E-state index contributed by atoms with van der Waals surface area (Å²) in [4.78, 5) is 42.5. The Kier molecular flexibility index (Phi) is 7.73. The van der Waals surface area contributed by atoms with Crippen LogP contribution in [0.4, 0.5) is 16.2 Å². The first kappa shape index (κ1) is 26.5. The average Bonchev–Trinajstić information content (AvgIpc) is 3.30. The number of carbonyl (C=O) groups is 3. The van der Waals surface area contributed by atoms with Crippen LogP contribution in [0, 0.1) is 0 Å². The first-order valence-corrected chi connectivity index (χ1v) is 12.8. The fraction of sp³-hybridized carbons (Fsp3) is 0.464. The second-order valence-electron chi connectivity index (χ2n) is 10.1. The number of fused-ring (bicyclic) bond motifs is 1. The number of benzene rings is 2. The summed E-state index contributed by atoms with van der Waals surface area (Å²) in [5.41, 5.74) is 3.79. The molecule has 0 aromatic heterocycles. The smallest absolute Gasteiger partial charge is 0.414 e. The average molecular weight is 509 g/mol. The van der Waals surface area contributed by atoms with Crippen LogP contribution in [0.3, 0.4) is 0 Å². The maximum absolute atomic E-state index is 13.0. The zero-order chi connectivity index (χ0) is 26.9. The van der Waals surface area contributed by atoms with Gasteiger partial charge in [0.2, 0.25) is 5.91 Å². The van der Waals surface area contributed by atoms with Gasteiger partial charge in [-0.3, -0.25) is 14.5 Å². The summed E-state index contributed by atoms with van der Waals surface area (Å²) in [6.07, 6.45) is -0.645. The number of amides is 3. The van der Waals surface area contributed by atoms with Crippen molar-refractivity contribution >= 4 is 29.3 Å². The van der Waals surface area contributed by atoms with Crippen LogP contribution in [0.25, 0.3) is 11.1 Å². The normalized spacial score (nSPS) is 20.0. The summed E-state index contributed by atoms with van der Waals surface area (Å²) in [6, 6.07) is 13.1. The van der Waals surface area contributed by atoms with E-state index < -0.39 is 12.3 Å². The van der Waals surface area contributed by atoms with Crippen molar-refractivity contribution in [2.24, 2.45) is 0 Å². The molecule has 9 nitrogen and oxygen atoms in total. The topological polar surface area (TPSA) is 102 Å². The highest BCUT2D eigenvalue weighted by molar-refractivity contribution is 5.97. The minimum Gasteiger partial charge on any atom is -0.446 e. The van der Waals surface area contributed by atoms with E-state index in [4.69, 9.17) is 4.74 Å². The molecule has 1 unspecified atom stereocenters. The second-order valence-corrected chi connectivity index (χ2v) is 10.1. The highest BCUT2D eigenvalue weighted by atomic mass is 16.6. The molecule has 3 atom stereocenters. The number of likely N-dealkylation sites (tertiary alicyclic amines) is 1. The number of rotatable bonds is 5. The van der Waals surface area contributed by atoms with Gasteiger partial charge in [0.1, 0.15) is 6.23 Å². The summed E-state index contributed by atoms with van der Waals surface area (Å²) in [5.74, 6) is -0.148. The molecule has 1 saturated heterocycles. The molecule has 0 bridgehead atoms. The van der Waals surface area contributed by atoms with Crippen LogP contribution in [0.15, 0.2) is 42.5 Å². The van der Waals surface area contributed by atoms with E-state index in [2.05, 4.69) is 5.32 Å². The van der Waals surface area contributed by atoms with Gasteiger partial charge in [-0.05, 0) is 69.5 Å². The lowest BCUT2D eigenvalue weighted by atomic mass is 9.99. The van der Waals surface area contributed by atoms with E-state index in [1.165, 1.54) is 6.92 Å². The molecule has 3 amide bonds. The molecule has 0 spiro atoms. The number of anilines is 2. The van der Waals surface area contributed by atoms with Crippen molar-refractivity contribution < 1.29 is 24.2 Å². The fourth-order valence-electron chi connectivity index (χ4n) is 5.17. The Balaban J connectivity index is 1.58. The monoisotopic (exact) mass is 508 g/mol. The maximum atomic E-state index is 13.0. The van der Waals surface area contributed by atoms with Crippen molar-refractivity contribution in [3.8, 4) is 11.1 Å². The van der Waals surface area contributed by atoms with Crippen molar-refractivity contribution in [2.75, 3.05) is 29.4 Å². The van der Waals surface area contributed by atoms with Gasteiger partial charge in [0, 0.05) is 44.2 Å². The number of hydrogen-bond donors (Lipinski definition) is 2. The number of ether oxygens (including phenoxy) is 1. The van der Waals surface area contributed by atoms with Crippen LogP contribution in [0.1, 0.15) is 51.4 Å². The molecule has 2 heterocycles. The molecular weight excluding hydrogens is 472 g/mol. The summed E-state index contributed by atoms with van der Waals surface area (Å²) < 4.78 is 5.50. The predicted octanol–water partition coefficient (Wildman–Crippen LogP) is 3.60. The Hall–Kier alpha value is -3.59. The SMILES string of the molecule is CC(=O)N[C@H]1CCN(C(=O)c2ccc(-c3ccc4c(c3)N(C(=O)OC(C)C)C[C@H](C)N4C(C)O)cc2)C1. The molecule has 9 heteroatoms. The lowest BCUT2D eigenvalue weighted by molar-refractivity contribution is -0.119. The van der Waals surface area contributed by atoms with Crippen molar-refractivity contribution in [3.05, 3.63) is 48.0 Å². The minimum absolute atomic E-state index is 0.00882. The van der Waals surface area contributed by atoms with Crippen LogP contribution >= 0.6 is 0 Å². The van der Waals surface area contributed by atoms with E-state index in [0.29, 0.717) is 30.9 Å². The van der Waals surface area contributed by atoms with Crippen molar-refractivity contribution in [2.45, 2.75) is 65.5 Å². The van der Waals surface area contributed by atoms with E-state index in [0.717, 1.165) is 23.2 Å². The van der Waals surface area contributed by atoms with Crippen molar-refractivity contribution in [1.29, 1.82) is 0 Å². The lowest BCUT2D eigenvalue weighted by Crippen LogP contribution is -2.53. The summed E-state index contributed by atoms with van der Waals surface area (Å²) in [5, 5.41) is 13.3. The zero-order valence-corrected chi connectivity index (χ0v) is 22.1. The third kappa shape index (κ3) is 5.72. The van der Waals surface area contributed by atoms with E-state index >= 15 is 0 Å². The first-order chi connectivity index (χ1) is 17.5. The molecule has 1 fully saturated rings. The van der Waals surface area contributed by atoms with Crippen LogP contribution < -0.4 is 15.1 Å². The van der Waals surface area contributed by atoms with Crippen LogP contribution in [-0.2, 0) is 9.53 Å². The van der Waals surface area contributed by atoms with Crippen LogP contribution in [-0.4, -0.2) is 72.0 Å². The molecule has 2 aromatic carbocycles. The summed E-state index contributed by atoms with van der Waals surface area (Å²) in [6.45, 7) is 10.3. The van der Waals surface area contributed by atoms with Crippen LogP contribution in [0.5, 0.6) is 0 Å². The van der Waals surface area contributed by atoms with Gasteiger partial charge >= 0.3 is 6.09 Å². The summed E-state index contributed by atoms with van der Waals surface area (Å²) in [7, 11) is 0. The Morgan fingerprint density at radius 2 is 1.68 bits per heavy atom. The molecular formula is C28H36N4O5. The molecule has 0 radical (unpaired) electrons. The highest BCUT2D eigenvalue weighted by Crippen LogP contribution is 2.40. The van der Waals surface area contributed by atoms with E-state index in [9.17, 15) is 19.5 Å². The number of aliphatic hydroxyl groups excluding tert-OH is 1. The van der Waals surface area contributed by atoms with Crippen molar-refractivity contribution in [1.82, 2.24) is 10.2 Å². The van der Waals surface area contributed by atoms with Gasteiger partial charge in [-0.2, -0.15) is 0 Å². The van der Waals surface area contributed by atoms with Gasteiger partial charge in [-0.25, -0.2) is 4.79 Å². The fourth-order valence-corrected chi connectivity index (χ4v) is 5.17. The third-order valence-electron chi connectivity index (χ3n) is 6.77. The molecule has 37 heavy (non-hydrogen) atoms. The first-order valence-electron chi connectivity index (χ1n) is 12.8. The predicted molar refractivity (Wildman–Crippen MR) is 143 cm³/mol. The number of carbonyl (C=O) groups excluding carboxylic acids is 3. The Labute approximate surface area is 218 Å². The van der Waals surface area contributed by atoms with E-state index in [1.807, 2.05) is 56.0 Å². The Morgan fingerprint density at radius 1 is 1.00 bits per heavy atom. The zero-order valence-electron chi connectivity index (χ0n) is 22.1. The highest BCUT2D eigenvalue weighted by Gasteiger charge is 2.35. The largest absolute Gasteiger partial charge is 0.446 e. The molecule has 0 saturated carbocycles. The molecule has 2 aromatic rings. The number of aliphatic hydroxyl groups is 1. The molecule has 2 aliphatic rings. The molecule has 2 aliphatic heterocycles. The van der Waals surface area contributed by atoms with Gasteiger partial charge in [-0.15, -0.1) is 0 Å². The van der Waals surface area contributed by atoms with Gasteiger partial charge in [0.25, 0.3) is 5.91 Å². The minimum atomic E-state index is -0.719. The van der Waals surface area contributed by atoms with E-state index in [-0.39, 0.29) is 30.0 Å².